The van der Waals surface area contributed by atoms with Gasteiger partial charge in [-0.2, -0.15) is 0 Å². The Kier molecular flexibility index (Phi) is 3.23. The van der Waals surface area contributed by atoms with Crippen molar-refractivity contribution < 1.29 is 14.4 Å². The van der Waals surface area contributed by atoms with Crippen molar-refractivity contribution in [1.29, 1.82) is 0 Å². The number of nitrogens with one attached hydrogen (secondary N) is 1. The van der Waals surface area contributed by atoms with Crippen molar-refractivity contribution in [2.24, 2.45) is 12.5 Å². The standard InChI is InChI=1S/C13H17N5O3/c1-17-8-14-16-9(17)7-18-11(20)13(5-3-2-4-6-13)10(19)15-12(18)21/h8H,2-7H2,1H3,(H,15,19,21). The Labute approximate surface area is 121 Å². The summed E-state index contributed by atoms with van der Waals surface area (Å²) in [4.78, 5) is 38.0. The van der Waals surface area contributed by atoms with E-state index in [1.165, 1.54) is 6.33 Å². The number of carbonyl (C=O) groups excluding carboxylic acids is 3. The molecule has 1 aliphatic heterocycles. The van der Waals surface area contributed by atoms with Crippen molar-refractivity contribution in [1.82, 2.24) is 25.0 Å². The van der Waals surface area contributed by atoms with E-state index in [0.29, 0.717) is 18.7 Å². The molecule has 2 fully saturated rings. The van der Waals surface area contributed by atoms with Crippen LogP contribution in [0.3, 0.4) is 0 Å². The van der Waals surface area contributed by atoms with Gasteiger partial charge in [-0.1, -0.05) is 19.3 Å². The zero-order chi connectivity index (χ0) is 15.0. The molecule has 21 heavy (non-hydrogen) atoms. The number of imide groups is 2. The Bertz CT molecular complexity index is 603. The summed E-state index contributed by atoms with van der Waals surface area (Å²) in [6.07, 6.45) is 5.17. The highest BCUT2D eigenvalue weighted by Crippen LogP contribution is 2.40. The first-order chi connectivity index (χ1) is 10.0. The number of barbiturate groups is 1. The first kappa shape index (κ1) is 13.7. The van der Waals surface area contributed by atoms with Gasteiger partial charge in [0.2, 0.25) is 11.8 Å². The zero-order valence-corrected chi connectivity index (χ0v) is 11.8. The van der Waals surface area contributed by atoms with Crippen LogP contribution in [-0.2, 0) is 23.2 Å². The number of carbonyl (C=O) groups is 3. The highest BCUT2D eigenvalue weighted by Gasteiger charge is 2.53. The molecule has 2 aliphatic rings. The average molecular weight is 291 g/mol. The van der Waals surface area contributed by atoms with Crippen LogP contribution in [0.4, 0.5) is 4.79 Å². The van der Waals surface area contributed by atoms with Gasteiger partial charge in [-0.05, 0) is 12.8 Å². The van der Waals surface area contributed by atoms with Gasteiger partial charge in [0.25, 0.3) is 0 Å². The predicted octanol–water partition coefficient (Wildman–Crippen LogP) is 0.344. The number of aryl methyl sites for hydroxylation is 1. The fourth-order valence-electron chi connectivity index (χ4n) is 3.06. The third kappa shape index (κ3) is 2.10. The minimum absolute atomic E-state index is 0.0240. The maximum Gasteiger partial charge on any atom is 0.331 e. The van der Waals surface area contributed by atoms with Gasteiger partial charge in [-0.3, -0.25) is 19.8 Å². The van der Waals surface area contributed by atoms with Gasteiger partial charge in [-0.15, -0.1) is 10.2 Å². The van der Waals surface area contributed by atoms with Crippen LogP contribution >= 0.6 is 0 Å². The predicted molar refractivity (Wildman–Crippen MR) is 70.6 cm³/mol. The van der Waals surface area contributed by atoms with Crippen molar-refractivity contribution in [3.63, 3.8) is 0 Å². The van der Waals surface area contributed by atoms with Crippen molar-refractivity contribution in [2.45, 2.75) is 38.6 Å². The fourth-order valence-corrected chi connectivity index (χ4v) is 3.06. The molecule has 3 rings (SSSR count). The summed E-state index contributed by atoms with van der Waals surface area (Å²) in [5.74, 6) is -0.357. The summed E-state index contributed by atoms with van der Waals surface area (Å²) in [5, 5.41) is 9.94. The minimum Gasteiger partial charge on any atom is -0.319 e. The molecule has 8 nitrogen and oxygen atoms in total. The van der Waals surface area contributed by atoms with Crippen LogP contribution in [0, 0.1) is 5.41 Å². The van der Waals surface area contributed by atoms with E-state index in [1.54, 1.807) is 11.6 Å². The SMILES string of the molecule is Cn1cnnc1CN1C(=O)NC(=O)C2(CCCCC2)C1=O. The van der Waals surface area contributed by atoms with Gasteiger partial charge in [0.15, 0.2) is 5.82 Å². The molecule has 1 aromatic heterocycles. The van der Waals surface area contributed by atoms with Crippen LogP contribution in [-0.4, -0.2) is 37.5 Å². The second-order valence-corrected chi connectivity index (χ2v) is 5.65. The van der Waals surface area contributed by atoms with Gasteiger partial charge >= 0.3 is 6.03 Å². The summed E-state index contributed by atoms with van der Waals surface area (Å²) in [6.45, 7) is 0.0240. The van der Waals surface area contributed by atoms with E-state index in [0.717, 1.165) is 24.2 Å². The fraction of sp³-hybridized carbons (Fsp3) is 0.615. The lowest BCUT2D eigenvalue weighted by Crippen LogP contribution is -2.64. The molecule has 1 saturated carbocycles. The maximum absolute atomic E-state index is 12.7. The molecule has 1 aliphatic carbocycles. The third-order valence-electron chi connectivity index (χ3n) is 4.37. The number of hydrogen-bond acceptors (Lipinski definition) is 5. The average Bonchev–Trinajstić information content (AvgIpc) is 2.88. The number of nitrogens with zero attached hydrogens (tertiary/aromatic N) is 4. The van der Waals surface area contributed by atoms with Gasteiger partial charge in [-0.25, -0.2) is 4.79 Å². The van der Waals surface area contributed by atoms with Gasteiger partial charge in [0, 0.05) is 7.05 Å². The Morgan fingerprint density at radius 3 is 2.57 bits per heavy atom. The van der Waals surface area contributed by atoms with E-state index < -0.39 is 23.3 Å². The van der Waals surface area contributed by atoms with Crippen LogP contribution in [0.25, 0.3) is 0 Å². The second-order valence-electron chi connectivity index (χ2n) is 5.65. The molecule has 1 aromatic rings. The minimum atomic E-state index is -1.08. The molecule has 0 bridgehead atoms. The Morgan fingerprint density at radius 2 is 1.95 bits per heavy atom. The molecule has 4 amide bonds. The monoisotopic (exact) mass is 291 g/mol. The maximum atomic E-state index is 12.7. The largest absolute Gasteiger partial charge is 0.331 e. The van der Waals surface area contributed by atoms with Crippen molar-refractivity contribution >= 4 is 17.8 Å². The molecule has 2 heterocycles. The summed E-state index contributed by atoms with van der Waals surface area (Å²) in [7, 11) is 1.74. The normalized spacial score (nSPS) is 21.8. The lowest BCUT2D eigenvalue weighted by atomic mass is 9.71. The van der Waals surface area contributed by atoms with Crippen LogP contribution in [0.1, 0.15) is 37.9 Å². The van der Waals surface area contributed by atoms with Gasteiger partial charge in [0.1, 0.15) is 11.7 Å². The summed E-state index contributed by atoms with van der Waals surface area (Å²) < 4.78 is 1.64. The molecule has 0 unspecified atom stereocenters. The van der Waals surface area contributed by atoms with Crippen molar-refractivity contribution in [3.8, 4) is 0 Å². The van der Waals surface area contributed by atoms with E-state index in [9.17, 15) is 14.4 Å². The molecule has 1 spiro atoms. The van der Waals surface area contributed by atoms with Crippen LogP contribution in [0.2, 0.25) is 0 Å². The molecular formula is C13H17N5O3. The zero-order valence-electron chi connectivity index (χ0n) is 11.8. The Balaban J connectivity index is 1.89. The lowest BCUT2D eigenvalue weighted by molar-refractivity contribution is -0.154. The Hall–Kier alpha value is -2.25. The van der Waals surface area contributed by atoms with E-state index in [4.69, 9.17) is 0 Å². The van der Waals surface area contributed by atoms with Crippen LogP contribution < -0.4 is 5.32 Å². The molecule has 0 radical (unpaired) electrons. The molecule has 0 atom stereocenters. The highest BCUT2D eigenvalue weighted by atomic mass is 16.2. The summed E-state index contributed by atoms with van der Waals surface area (Å²) in [6, 6.07) is -0.677. The van der Waals surface area contributed by atoms with Gasteiger partial charge < -0.3 is 4.57 Å². The summed E-state index contributed by atoms with van der Waals surface area (Å²) >= 11 is 0. The first-order valence-corrected chi connectivity index (χ1v) is 7.05. The molecule has 1 saturated heterocycles. The molecule has 112 valence electrons. The van der Waals surface area contributed by atoms with Crippen molar-refractivity contribution in [2.75, 3.05) is 0 Å². The van der Waals surface area contributed by atoms with Gasteiger partial charge in [0.05, 0.1) is 6.54 Å². The Morgan fingerprint density at radius 1 is 1.24 bits per heavy atom. The number of aromatic nitrogens is 3. The lowest BCUT2D eigenvalue weighted by Gasteiger charge is -2.41. The first-order valence-electron chi connectivity index (χ1n) is 7.05. The van der Waals surface area contributed by atoms with E-state index >= 15 is 0 Å². The number of urea groups is 1. The topological polar surface area (TPSA) is 97.2 Å². The molecule has 0 aromatic carbocycles. The number of hydrogen-bond donors (Lipinski definition) is 1. The third-order valence-corrected chi connectivity index (χ3v) is 4.37. The smallest absolute Gasteiger partial charge is 0.319 e. The molecule has 1 N–H and O–H groups in total. The summed E-state index contributed by atoms with van der Waals surface area (Å²) in [5.41, 5.74) is -1.08. The van der Waals surface area contributed by atoms with E-state index in [2.05, 4.69) is 15.5 Å². The van der Waals surface area contributed by atoms with Crippen molar-refractivity contribution in [3.05, 3.63) is 12.2 Å². The number of amides is 4. The second kappa shape index (κ2) is 4.94. The quantitative estimate of drug-likeness (QED) is 0.793. The van der Waals surface area contributed by atoms with Crippen LogP contribution in [0.15, 0.2) is 6.33 Å². The van der Waals surface area contributed by atoms with E-state index in [1.807, 2.05) is 0 Å². The highest BCUT2D eigenvalue weighted by molar-refractivity contribution is 6.19. The molecular weight excluding hydrogens is 274 g/mol. The van der Waals surface area contributed by atoms with E-state index in [-0.39, 0.29) is 6.54 Å². The molecule has 8 heteroatoms. The number of rotatable bonds is 2. The van der Waals surface area contributed by atoms with Crippen LogP contribution in [0.5, 0.6) is 0 Å².